The van der Waals surface area contributed by atoms with E-state index in [0.29, 0.717) is 11.0 Å². The van der Waals surface area contributed by atoms with Crippen LogP contribution in [0.3, 0.4) is 0 Å². The summed E-state index contributed by atoms with van der Waals surface area (Å²) in [6.45, 7) is 1.76. The molecule has 1 saturated heterocycles. The average Bonchev–Trinajstić information content (AvgIpc) is 2.88. The van der Waals surface area contributed by atoms with E-state index in [-0.39, 0.29) is 25.1 Å². The van der Waals surface area contributed by atoms with Crippen LogP contribution >= 0.6 is 0 Å². The molecule has 0 bridgehead atoms. The molecule has 2 N–H and O–H groups in total. The number of alkyl halides is 3. The molecule has 7 heteroatoms. The lowest BCUT2D eigenvalue weighted by Crippen LogP contribution is -2.56. The van der Waals surface area contributed by atoms with Crippen LogP contribution in [0.5, 0.6) is 0 Å². The largest absolute Gasteiger partial charge is 0.451 e. The summed E-state index contributed by atoms with van der Waals surface area (Å²) in [7, 11) is 0. The lowest BCUT2D eigenvalue weighted by Gasteiger charge is -2.38. The smallest absolute Gasteiger partial charge is 0.408 e. The van der Waals surface area contributed by atoms with Gasteiger partial charge in [0, 0.05) is 18.0 Å². The van der Waals surface area contributed by atoms with Gasteiger partial charge in [0.05, 0.1) is 0 Å². The van der Waals surface area contributed by atoms with Crippen LogP contribution in [0, 0.1) is 6.92 Å². The first-order chi connectivity index (χ1) is 10.8. The molecule has 1 fully saturated rings. The zero-order chi connectivity index (χ0) is 16.8. The molecule has 23 heavy (non-hydrogen) atoms. The molecular formula is C16H17F3N2O2. The molecule has 0 unspecified atom stereocenters. The van der Waals surface area contributed by atoms with E-state index < -0.39 is 24.2 Å². The van der Waals surface area contributed by atoms with Crippen molar-refractivity contribution >= 4 is 16.9 Å². The van der Waals surface area contributed by atoms with Crippen molar-refractivity contribution in [2.45, 2.75) is 38.0 Å². The summed E-state index contributed by atoms with van der Waals surface area (Å²) in [6.07, 6.45) is -4.42. The molecular weight excluding hydrogens is 309 g/mol. The predicted octanol–water partition coefficient (Wildman–Crippen LogP) is 3.24. The van der Waals surface area contributed by atoms with Crippen molar-refractivity contribution in [2.24, 2.45) is 5.73 Å². The molecule has 1 aromatic heterocycles. The fourth-order valence-corrected chi connectivity index (χ4v) is 2.97. The number of furan rings is 1. The van der Waals surface area contributed by atoms with Gasteiger partial charge in [0.2, 0.25) is 0 Å². The minimum Gasteiger partial charge on any atom is -0.451 e. The van der Waals surface area contributed by atoms with E-state index in [9.17, 15) is 18.0 Å². The van der Waals surface area contributed by atoms with Crippen LogP contribution in [0.2, 0.25) is 0 Å². The number of carbonyl (C=O) groups excluding carboxylic acids is 1. The molecule has 4 nitrogen and oxygen atoms in total. The van der Waals surface area contributed by atoms with E-state index in [2.05, 4.69) is 0 Å². The Morgan fingerprint density at radius 3 is 2.74 bits per heavy atom. The van der Waals surface area contributed by atoms with Crippen LogP contribution in [0.15, 0.2) is 28.7 Å². The minimum absolute atomic E-state index is 0.0889. The summed E-state index contributed by atoms with van der Waals surface area (Å²) in [5, 5.41) is 0.693. The summed E-state index contributed by atoms with van der Waals surface area (Å²) in [5.74, 6) is -0.856. The Bertz CT molecular complexity index is 738. The molecule has 0 saturated carbocycles. The number of nitrogens with two attached hydrogens (primary N) is 1. The third-order valence-electron chi connectivity index (χ3n) is 4.14. The van der Waals surface area contributed by atoms with Gasteiger partial charge in [-0.1, -0.05) is 11.6 Å². The van der Waals surface area contributed by atoms with Crippen molar-refractivity contribution in [3.05, 3.63) is 35.6 Å². The van der Waals surface area contributed by atoms with Gasteiger partial charge in [0.25, 0.3) is 5.91 Å². The summed E-state index contributed by atoms with van der Waals surface area (Å²) in [4.78, 5) is 13.3. The molecule has 3 rings (SSSR count). The Balaban J connectivity index is 1.94. The van der Waals surface area contributed by atoms with Crippen LogP contribution in [-0.2, 0) is 0 Å². The number of fused-ring (bicyclic) bond motifs is 1. The minimum atomic E-state index is -4.47. The highest BCUT2D eigenvalue weighted by Gasteiger charge is 2.48. The van der Waals surface area contributed by atoms with Gasteiger partial charge in [-0.05, 0) is 38.0 Å². The molecule has 1 aromatic carbocycles. The molecule has 2 heterocycles. The fraction of sp³-hybridized carbons (Fsp3) is 0.438. The van der Waals surface area contributed by atoms with E-state index in [1.165, 1.54) is 6.07 Å². The molecule has 0 radical (unpaired) electrons. The number of hydrogen-bond acceptors (Lipinski definition) is 3. The van der Waals surface area contributed by atoms with Gasteiger partial charge >= 0.3 is 6.18 Å². The molecule has 0 spiro atoms. The van der Waals surface area contributed by atoms with Crippen molar-refractivity contribution in [1.82, 2.24) is 4.90 Å². The number of aryl methyl sites for hydroxylation is 1. The maximum atomic E-state index is 13.2. The Morgan fingerprint density at radius 1 is 1.30 bits per heavy atom. The number of nitrogens with zero attached hydrogens (tertiary/aromatic N) is 1. The highest BCUT2D eigenvalue weighted by atomic mass is 19.4. The van der Waals surface area contributed by atoms with Crippen LogP contribution in [0.25, 0.3) is 11.0 Å². The maximum absolute atomic E-state index is 13.2. The summed E-state index contributed by atoms with van der Waals surface area (Å²) in [6, 6.07) is 4.55. The average molecular weight is 326 g/mol. The second-order valence-corrected chi connectivity index (χ2v) is 6.00. The van der Waals surface area contributed by atoms with E-state index in [4.69, 9.17) is 10.2 Å². The maximum Gasteiger partial charge on any atom is 0.408 e. The molecule has 1 aliphatic heterocycles. The third kappa shape index (κ3) is 3.06. The summed E-state index contributed by atoms with van der Waals surface area (Å²) < 4.78 is 45.0. The number of benzene rings is 1. The number of halogens is 3. The predicted molar refractivity (Wildman–Crippen MR) is 79.0 cm³/mol. The first kappa shape index (κ1) is 15.9. The van der Waals surface area contributed by atoms with E-state index in [0.717, 1.165) is 10.5 Å². The van der Waals surface area contributed by atoms with Crippen molar-refractivity contribution in [2.75, 3.05) is 6.54 Å². The molecule has 2 aromatic rings. The molecule has 0 aliphatic carbocycles. The fourth-order valence-electron chi connectivity index (χ4n) is 2.97. The molecule has 1 aliphatic rings. The Hall–Kier alpha value is -2.02. The standard InChI is InChI=1S/C16H17F3N2O2/c1-9-2-4-12-10(6-9)7-13(23-12)15(22)21-8-11(20)3-5-14(21)16(17,18)19/h2,4,6-7,11,14H,3,5,8,20H2,1H3/t11-,14-/m1/s1. The van der Waals surface area contributed by atoms with Gasteiger partial charge < -0.3 is 15.1 Å². The van der Waals surface area contributed by atoms with Crippen LogP contribution < -0.4 is 5.73 Å². The zero-order valence-corrected chi connectivity index (χ0v) is 12.6. The Kier molecular flexibility index (Phi) is 3.83. The number of amides is 1. The van der Waals surface area contributed by atoms with Crippen molar-refractivity contribution in [1.29, 1.82) is 0 Å². The van der Waals surface area contributed by atoms with Crippen molar-refractivity contribution in [3.63, 3.8) is 0 Å². The van der Waals surface area contributed by atoms with Gasteiger partial charge in [0.1, 0.15) is 11.6 Å². The van der Waals surface area contributed by atoms with Gasteiger partial charge in [-0.15, -0.1) is 0 Å². The number of piperidine rings is 1. The summed E-state index contributed by atoms with van der Waals surface area (Å²) in [5.41, 5.74) is 7.20. The number of likely N-dealkylation sites (tertiary alicyclic amines) is 1. The van der Waals surface area contributed by atoms with Crippen LogP contribution in [0.4, 0.5) is 13.2 Å². The van der Waals surface area contributed by atoms with Gasteiger partial charge in [-0.2, -0.15) is 13.2 Å². The lowest BCUT2D eigenvalue weighted by atomic mass is 9.98. The highest BCUT2D eigenvalue weighted by molar-refractivity contribution is 5.96. The van der Waals surface area contributed by atoms with Gasteiger partial charge in [0.15, 0.2) is 5.76 Å². The number of rotatable bonds is 1. The SMILES string of the molecule is Cc1ccc2oc(C(=O)N3C[C@H](N)CC[C@@H]3C(F)(F)F)cc2c1. The molecule has 2 atom stereocenters. The molecule has 1 amide bonds. The second kappa shape index (κ2) is 5.56. The second-order valence-electron chi connectivity index (χ2n) is 6.00. The van der Waals surface area contributed by atoms with E-state index in [1.807, 2.05) is 19.1 Å². The van der Waals surface area contributed by atoms with E-state index >= 15 is 0 Å². The third-order valence-corrected chi connectivity index (χ3v) is 4.14. The first-order valence-corrected chi connectivity index (χ1v) is 7.39. The van der Waals surface area contributed by atoms with Crippen LogP contribution in [0.1, 0.15) is 29.0 Å². The van der Waals surface area contributed by atoms with Crippen molar-refractivity contribution in [3.8, 4) is 0 Å². The molecule has 124 valence electrons. The quantitative estimate of drug-likeness (QED) is 0.875. The zero-order valence-electron chi connectivity index (χ0n) is 12.6. The van der Waals surface area contributed by atoms with Gasteiger partial charge in [-0.3, -0.25) is 4.79 Å². The number of hydrogen-bond donors (Lipinski definition) is 1. The first-order valence-electron chi connectivity index (χ1n) is 7.39. The number of carbonyl (C=O) groups is 1. The monoisotopic (exact) mass is 326 g/mol. The normalized spacial score (nSPS) is 22.6. The van der Waals surface area contributed by atoms with Gasteiger partial charge in [-0.25, -0.2) is 0 Å². The topological polar surface area (TPSA) is 59.5 Å². The highest BCUT2D eigenvalue weighted by Crippen LogP contribution is 2.33. The summed E-state index contributed by atoms with van der Waals surface area (Å²) >= 11 is 0. The lowest BCUT2D eigenvalue weighted by molar-refractivity contribution is -0.184. The van der Waals surface area contributed by atoms with Crippen molar-refractivity contribution < 1.29 is 22.4 Å². The van der Waals surface area contributed by atoms with E-state index in [1.54, 1.807) is 6.07 Å². The van der Waals surface area contributed by atoms with Crippen LogP contribution in [-0.4, -0.2) is 35.6 Å². The Morgan fingerprint density at radius 2 is 2.04 bits per heavy atom. The Labute approximate surface area is 131 Å².